The summed E-state index contributed by atoms with van der Waals surface area (Å²) in [7, 11) is -0.356. The van der Waals surface area contributed by atoms with Gasteiger partial charge in [0.25, 0.3) is 5.91 Å². The van der Waals surface area contributed by atoms with Crippen molar-refractivity contribution in [1.29, 1.82) is 0 Å². The molecular formula is C21H20ClN3O3S. The zero-order valence-electron chi connectivity index (χ0n) is 15.6. The summed E-state index contributed by atoms with van der Waals surface area (Å²) in [5, 5.41) is 24.6. The summed E-state index contributed by atoms with van der Waals surface area (Å²) < 4.78 is 3.56. The van der Waals surface area contributed by atoms with Gasteiger partial charge < -0.3 is 20.3 Å². The zero-order valence-corrected chi connectivity index (χ0v) is 17.2. The normalized spacial score (nSPS) is 15.1. The molecule has 2 aromatic carbocycles. The number of benzene rings is 2. The Bertz CT molecular complexity index is 1150. The van der Waals surface area contributed by atoms with Crippen molar-refractivity contribution in [2.24, 2.45) is 0 Å². The van der Waals surface area contributed by atoms with E-state index in [1.165, 1.54) is 0 Å². The highest BCUT2D eigenvalue weighted by Crippen LogP contribution is 2.49. The third kappa shape index (κ3) is 3.51. The molecule has 6 nitrogen and oxygen atoms in total. The van der Waals surface area contributed by atoms with Crippen molar-refractivity contribution in [3.63, 3.8) is 0 Å². The molecular weight excluding hydrogens is 410 g/mol. The molecule has 1 amide bonds. The molecule has 0 saturated heterocycles. The smallest absolute Gasteiger partial charge is 0.251 e. The quantitative estimate of drug-likeness (QED) is 0.477. The molecule has 1 atom stereocenters. The molecule has 0 fully saturated rings. The van der Waals surface area contributed by atoms with Crippen LogP contribution in [-0.4, -0.2) is 45.7 Å². The maximum atomic E-state index is 12.6. The fourth-order valence-electron chi connectivity index (χ4n) is 3.36. The summed E-state index contributed by atoms with van der Waals surface area (Å²) >= 11 is 6.53. The summed E-state index contributed by atoms with van der Waals surface area (Å²) in [4.78, 5) is 18.2. The highest BCUT2D eigenvalue weighted by atomic mass is 35.5. The van der Waals surface area contributed by atoms with E-state index >= 15 is 0 Å². The molecule has 4 rings (SSSR count). The van der Waals surface area contributed by atoms with Crippen molar-refractivity contribution in [2.75, 3.05) is 17.9 Å². The SMILES string of the molecule is C/C=S1\Nc2c(cc(Cl)c3cccnc23)-c2cc(C(=O)NC(CO)CO)ccc21. The van der Waals surface area contributed by atoms with Crippen molar-refractivity contribution in [3.05, 3.63) is 53.2 Å². The molecule has 1 aromatic heterocycles. The number of pyridine rings is 1. The number of hydrogen-bond donors (Lipinski definition) is 4. The van der Waals surface area contributed by atoms with Crippen molar-refractivity contribution >= 4 is 50.1 Å². The average Bonchev–Trinajstić information content (AvgIpc) is 2.76. The van der Waals surface area contributed by atoms with Gasteiger partial charge in [0.1, 0.15) is 0 Å². The second-order valence-electron chi connectivity index (χ2n) is 6.60. The van der Waals surface area contributed by atoms with Gasteiger partial charge in [-0.3, -0.25) is 9.78 Å². The molecule has 0 bridgehead atoms. The zero-order chi connectivity index (χ0) is 20.5. The highest BCUT2D eigenvalue weighted by molar-refractivity contribution is 8.16. The van der Waals surface area contributed by atoms with E-state index in [-0.39, 0.29) is 29.8 Å². The van der Waals surface area contributed by atoms with Gasteiger partial charge in [-0.2, -0.15) is 0 Å². The molecule has 29 heavy (non-hydrogen) atoms. The molecule has 2 heterocycles. The standard InChI is InChI=1S/C21H20ClN3O3S/c1-2-29-18-6-5-12(21(28)24-13(10-26)11-27)8-15(18)16-9-17(22)14-4-3-7-23-19(14)20(16)25-29/h2-9,13,25-27H,10-11H2,1H3,(H,24,28). The summed E-state index contributed by atoms with van der Waals surface area (Å²) in [6, 6.07) is 10.5. The van der Waals surface area contributed by atoms with Crippen LogP contribution in [0, 0.1) is 0 Å². The Morgan fingerprint density at radius 1 is 1.28 bits per heavy atom. The van der Waals surface area contributed by atoms with Crippen molar-refractivity contribution in [2.45, 2.75) is 17.9 Å². The molecule has 3 aromatic rings. The van der Waals surface area contributed by atoms with Gasteiger partial charge in [0.15, 0.2) is 0 Å². The number of rotatable bonds is 4. The van der Waals surface area contributed by atoms with E-state index in [2.05, 4.69) is 20.4 Å². The number of hydrogen-bond acceptors (Lipinski definition) is 5. The van der Waals surface area contributed by atoms with Crippen molar-refractivity contribution in [1.82, 2.24) is 10.3 Å². The Kier molecular flexibility index (Phi) is 5.56. The number of amides is 1. The van der Waals surface area contributed by atoms with Gasteiger partial charge in [0, 0.05) is 27.6 Å². The van der Waals surface area contributed by atoms with Crippen LogP contribution < -0.4 is 10.0 Å². The lowest BCUT2D eigenvalue weighted by Crippen LogP contribution is -2.40. The minimum Gasteiger partial charge on any atom is -0.394 e. The Morgan fingerprint density at radius 3 is 2.79 bits per heavy atom. The van der Waals surface area contributed by atoms with Crippen LogP contribution in [-0.2, 0) is 0 Å². The number of nitrogens with one attached hydrogen (secondary N) is 2. The van der Waals surface area contributed by atoms with Crippen LogP contribution in [0.2, 0.25) is 5.02 Å². The fourth-order valence-corrected chi connectivity index (χ4v) is 5.15. The van der Waals surface area contributed by atoms with Crippen LogP contribution in [0.1, 0.15) is 17.3 Å². The van der Waals surface area contributed by atoms with Crippen LogP contribution >= 0.6 is 22.3 Å². The average molecular weight is 430 g/mol. The third-order valence-corrected chi connectivity index (χ3v) is 6.87. The number of carbonyl (C=O) groups excluding carboxylic acids is 1. The van der Waals surface area contributed by atoms with Gasteiger partial charge in [-0.25, -0.2) is 0 Å². The Balaban J connectivity index is 1.88. The summed E-state index contributed by atoms with van der Waals surface area (Å²) in [6.45, 7) is 1.33. The maximum absolute atomic E-state index is 12.6. The second-order valence-corrected chi connectivity index (χ2v) is 8.80. The first-order valence-electron chi connectivity index (χ1n) is 9.10. The van der Waals surface area contributed by atoms with E-state index < -0.39 is 6.04 Å². The van der Waals surface area contributed by atoms with Crippen molar-refractivity contribution < 1.29 is 15.0 Å². The number of fused-ring (bicyclic) bond motifs is 5. The van der Waals surface area contributed by atoms with E-state index in [0.29, 0.717) is 10.6 Å². The van der Waals surface area contributed by atoms with Crippen LogP contribution in [0.25, 0.3) is 22.0 Å². The minimum absolute atomic E-state index is 0.332. The predicted octanol–water partition coefficient (Wildman–Crippen LogP) is 3.43. The molecule has 1 aliphatic heterocycles. The number of anilines is 1. The van der Waals surface area contributed by atoms with Crippen LogP contribution in [0.4, 0.5) is 5.69 Å². The van der Waals surface area contributed by atoms with Crippen LogP contribution in [0.5, 0.6) is 0 Å². The van der Waals surface area contributed by atoms with Gasteiger partial charge >= 0.3 is 0 Å². The number of carbonyl (C=O) groups is 1. The van der Waals surface area contributed by atoms with Crippen molar-refractivity contribution in [3.8, 4) is 11.1 Å². The van der Waals surface area contributed by atoms with E-state index in [4.69, 9.17) is 11.6 Å². The summed E-state index contributed by atoms with van der Waals surface area (Å²) in [6.07, 6.45) is 1.73. The maximum Gasteiger partial charge on any atom is 0.251 e. The van der Waals surface area contributed by atoms with Gasteiger partial charge in [-0.1, -0.05) is 22.3 Å². The number of aliphatic hydroxyl groups excluding tert-OH is 2. The van der Waals surface area contributed by atoms with Gasteiger partial charge in [-0.15, -0.1) is 0 Å². The van der Waals surface area contributed by atoms with Crippen LogP contribution in [0.15, 0.2) is 47.5 Å². The first-order valence-corrected chi connectivity index (χ1v) is 10.8. The molecule has 0 saturated carbocycles. The molecule has 0 spiro atoms. The Morgan fingerprint density at radius 2 is 2.07 bits per heavy atom. The monoisotopic (exact) mass is 429 g/mol. The first kappa shape index (κ1) is 19.8. The minimum atomic E-state index is -0.700. The molecule has 4 N–H and O–H groups in total. The Labute approximate surface area is 175 Å². The highest BCUT2D eigenvalue weighted by Gasteiger charge is 2.24. The third-order valence-electron chi connectivity index (χ3n) is 4.83. The largest absolute Gasteiger partial charge is 0.394 e. The molecule has 1 aliphatic rings. The molecule has 0 aliphatic carbocycles. The van der Waals surface area contributed by atoms with Crippen LogP contribution in [0.3, 0.4) is 0 Å². The van der Waals surface area contributed by atoms with E-state index in [0.717, 1.165) is 32.6 Å². The number of aliphatic hydroxyl groups is 2. The van der Waals surface area contributed by atoms with Gasteiger partial charge in [0.2, 0.25) is 0 Å². The van der Waals surface area contributed by atoms with E-state index in [9.17, 15) is 15.0 Å². The lowest BCUT2D eigenvalue weighted by atomic mass is 9.98. The van der Waals surface area contributed by atoms with E-state index in [1.807, 2.05) is 37.3 Å². The fraction of sp³-hybridized carbons (Fsp3) is 0.190. The van der Waals surface area contributed by atoms with E-state index in [1.54, 1.807) is 12.3 Å². The lowest BCUT2D eigenvalue weighted by Gasteiger charge is -2.27. The lowest BCUT2D eigenvalue weighted by molar-refractivity contribution is 0.0879. The first-order chi connectivity index (χ1) is 14.1. The molecule has 8 heteroatoms. The summed E-state index contributed by atoms with van der Waals surface area (Å²) in [5.74, 6) is -0.355. The number of halogens is 1. The Hall–Kier alpha value is -2.45. The van der Waals surface area contributed by atoms with Gasteiger partial charge in [0.05, 0.1) is 35.5 Å². The number of nitrogens with zero attached hydrogens (tertiary/aromatic N) is 1. The molecule has 150 valence electrons. The molecule has 0 radical (unpaired) electrons. The summed E-state index contributed by atoms with van der Waals surface area (Å²) in [5.41, 5.74) is 3.92. The van der Waals surface area contributed by atoms with Gasteiger partial charge in [-0.05, 0) is 54.3 Å². The second kappa shape index (κ2) is 8.12. The number of aromatic nitrogens is 1. The molecule has 1 unspecified atom stereocenters. The topological polar surface area (TPSA) is 94.5 Å². The predicted molar refractivity (Wildman–Crippen MR) is 119 cm³/mol.